The molecule has 0 fully saturated rings. The molecule has 1 N–H and O–H groups in total. The van der Waals surface area contributed by atoms with E-state index in [1.807, 2.05) is 18.2 Å². The van der Waals surface area contributed by atoms with Gasteiger partial charge in [-0.1, -0.05) is 12.1 Å². The van der Waals surface area contributed by atoms with Crippen molar-refractivity contribution >= 4 is 21.9 Å². The zero-order chi connectivity index (χ0) is 13.1. The molecule has 4 nitrogen and oxygen atoms in total. The molecular weight excluding hydrogens is 298 g/mol. The number of ether oxygens (including phenoxy) is 1. The number of hydrogen-bond donors (Lipinski definition) is 1. The van der Waals surface area contributed by atoms with Crippen molar-refractivity contribution in [3.05, 3.63) is 52.3 Å². The maximum absolute atomic E-state index is 11.1. The number of aromatic nitrogens is 1. The second-order valence-corrected chi connectivity index (χ2v) is 4.51. The quantitative estimate of drug-likeness (QED) is 0.940. The van der Waals surface area contributed by atoms with Gasteiger partial charge < -0.3 is 9.84 Å². The summed E-state index contributed by atoms with van der Waals surface area (Å²) < 4.78 is 6.37. The first kappa shape index (κ1) is 12.6. The standard InChI is InChI=1S/C13H10BrNO3/c1-8-6-12(9(7-15-8)13(16)17)18-11-5-3-2-4-10(11)14/h2-7H,1H3,(H,16,17). The fourth-order valence-electron chi connectivity index (χ4n) is 1.43. The summed E-state index contributed by atoms with van der Waals surface area (Å²) in [5, 5.41) is 9.07. The highest BCUT2D eigenvalue weighted by atomic mass is 79.9. The molecule has 0 aliphatic carbocycles. The molecule has 5 heteroatoms. The lowest BCUT2D eigenvalue weighted by molar-refractivity contribution is 0.0693. The first-order chi connectivity index (χ1) is 8.58. The van der Waals surface area contributed by atoms with Gasteiger partial charge in [-0.15, -0.1) is 0 Å². The average Bonchev–Trinajstić information content (AvgIpc) is 2.32. The molecule has 2 aromatic rings. The van der Waals surface area contributed by atoms with Crippen molar-refractivity contribution in [2.24, 2.45) is 0 Å². The summed E-state index contributed by atoms with van der Waals surface area (Å²) in [6.07, 6.45) is 1.30. The van der Waals surface area contributed by atoms with Crippen molar-refractivity contribution in [1.29, 1.82) is 0 Å². The number of carboxylic acid groups (broad SMARTS) is 1. The zero-order valence-corrected chi connectivity index (χ0v) is 11.1. The van der Waals surface area contributed by atoms with Crippen LogP contribution in [0.4, 0.5) is 0 Å². The minimum Gasteiger partial charge on any atom is -0.477 e. The van der Waals surface area contributed by atoms with Crippen molar-refractivity contribution < 1.29 is 14.6 Å². The molecule has 2 rings (SSSR count). The van der Waals surface area contributed by atoms with Crippen LogP contribution in [0.15, 0.2) is 41.0 Å². The third-order valence-corrected chi connectivity index (χ3v) is 2.94. The van der Waals surface area contributed by atoms with Crippen LogP contribution < -0.4 is 4.74 Å². The van der Waals surface area contributed by atoms with Crippen LogP contribution in [0.1, 0.15) is 16.1 Å². The maximum atomic E-state index is 11.1. The number of rotatable bonds is 3. The number of para-hydroxylation sites is 1. The van der Waals surface area contributed by atoms with E-state index < -0.39 is 5.97 Å². The lowest BCUT2D eigenvalue weighted by atomic mass is 10.2. The Morgan fingerprint density at radius 3 is 2.72 bits per heavy atom. The number of aromatic carboxylic acids is 1. The van der Waals surface area contributed by atoms with E-state index in [0.717, 1.165) is 4.47 Å². The van der Waals surface area contributed by atoms with Gasteiger partial charge in [0.1, 0.15) is 17.1 Å². The summed E-state index contributed by atoms with van der Waals surface area (Å²) in [5.41, 5.74) is 0.735. The predicted molar refractivity (Wildman–Crippen MR) is 70.1 cm³/mol. The van der Waals surface area contributed by atoms with E-state index >= 15 is 0 Å². The first-order valence-electron chi connectivity index (χ1n) is 5.20. The summed E-state index contributed by atoms with van der Waals surface area (Å²) >= 11 is 3.35. The van der Waals surface area contributed by atoms with Gasteiger partial charge in [0.05, 0.1) is 4.47 Å². The molecule has 0 amide bonds. The summed E-state index contributed by atoms with van der Waals surface area (Å²) in [6.45, 7) is 1.78. The summed E-state index contributed by atoms with van der Waals surface area (Å²) in [5.74, 6) is -0.225. The molecule has 1 heterocycles. The second-order valence-electron chi connectivity index (χ2n) is 3.66. The molecule has 0 aliphatic heterocycles. The Morgan fingerprint density at radius 1 is 1.33 bits per heavy atom. The molecule has 0 spiro atoms. The van der Waals surface area contributed by atoms with Crippen LogP contribution in [0, 0.1) is 6.92 Å². The molecule has 0 saturated carbocycles. The summed E-state index contributed by atoms with van der Waals surface area (Å²) in [4.78, 5) is 15.0. The topological polar surface area (TPSA) is 59.4 Å². The number of nitrogens with zero attached hydrogens (tertiary/aromatic N) is 1. The van der Waals surface area contributed by atoms with Gasteiger partial charge in [0.25, 0.3) is 0 Å². The van der Waals surface area contributed by atoms with Crippen LogP contribution in [0.25, 0.3) is 0 Å². The lowest BCUT2D eigenvalue weighted by Crippen LogP contribution is -2.02. The first-order valence-corrected chi connectivity index (χ1v) is 5.99. The monoisotopic (exact) mass is 307 g/mol. The number of carbonyl (C=O) groups is 1. The summed E-state index contributed by atoms with van der Waals surface area (Å²) in [7, 11) is 0. The molecule has 0 unspecified atom stereocenters. The van der Waals surface area contributed by atoms with Crippen LogP contribution in [-0.4, -0.2) is 16.1 Å². The molecule has 0 aliphatic rings. The molecule has 0 saturated heterocycles. The van der Waals surface area contributed by atoms with Gasteiger partial charge in [-0.2, -0.15) is 0 Å². The van der Waals surface area contributed by atoms with Crippen molar-refractivity contribution in [2.75, 3.05) is 0 Å². The van der Waals surface area contributed by atoms with Gasteiger partial charge in [0.2, 0.25) is 0 Å². The third-order valence-electron chi connectivity index (χ3n) is 2.29. The van der Waals surface area contributed by atoms with Crippen molar-refractivity contribution in [3.63, 3.8) is 0 Å². The molecular formula is C13H10BrNO3. The summed E-state index contributed by atoms with van der Waals surface area (Å²) in [6, 6.07) is 8.85. The Hall–Kier alpha value is -1.88. The normalized spacial score (nSPS) is 10.1. The zero-order valence-electron chi connectivity index (χ0n) is 9.55. The fourth-order valence-corrected chi connectivity index (χ4v) is 1.79. The third kappa shape index (κ3) is 2.68. The molecule has 0 atom stereocenters. The van der Waals surface area contributed by atoms with Crippen molar-refractivity contribution in [2.45, 2.75) is 6.92 Å². The van der Waals surface area contributed by atoms with Gasteiger partial charge in [-0.05, 0) is 35.0 Å². The highest BCUT2D eigenvalue weighted by Gasteiger charge is 2.13. The van der Waals surface area contributed by atoms with E-state index in [9.17, 15) is 4.79 Å². The molecule has 1 aromatic carbocycles. The van der Waals surface area contributed by atoms with Crippen LogP contribution in [0.3, 0.4) is 0 Å². The molecule has 92 valence electrons. The van der Waals surface area contributed by atoms with E-state index in [2.05, 4.69) is 20.9 Å². The lowest BCUT2D eigenvalue weighted by Gasteiger charge is -2.10. The predicted octanol–water partition coefficient (Wildman–Crippen LogP) is 3.64. The van der Waals surface area contributed by atoms with Gasteiger partial charge in [-0.3, -0.25) is 4.98 Å². The number of pyridine rings is 1. The van der Waals surface area contributed by atoms with E-state index in [-0.39, 0.29) is 11.3 Å². The van der Waals surface area contributed by atoms with Crippen LogP contribution in [0.2, 0.25) is 0 Å². The van der Waals surface area contributed by atoms with Gasteiger partial charge in [0.15, 0.2) is 0 Å². The smallest absolute Gasteiger partial charge is 0.341 e. The average molecular weight is 308 g/mol. The minimum atomic E-state index is -1.07. The highest BCUT2D eigenvalue weighted by Crippen LogP contribution is 2.31. The minimum absolute atomic E-state index is 0.0383. The van der Waals surface area contributed by atoms with Gasteiger partial charge >= 0.3 is 5.97 Å². The number of halogens is 1. The van der Waals surface area contributed by atoms with E-state index in [0.29, 0.717) is 11.4 Å². The molecule has 1 aromatic heterocycles. The SMILES string of the molecule is Cc1cc(Oc2ccccc2Br)c(C(=O)O)cn1. The van der Waals surface area contributed by atoms with Gasteiger partial charge in [0, 0.05) is 18.0 Å². The van der Waals surface area contributed by atoms with Gasteiger partial charge in [-0.25, -0.2) is 4.79 Å². The highest BCUT2D eigenvalue weighted by molar-refractivity contribution is 9.10. The van der Waals surface area contributed by atoms with E-state index in [1.54, 1.807) is 19.1 Å². The second kappa shape index (κ2) is 5.18. The van der Waals surface area contributed by atoms with E-state index in [1.165, 1.54) is 6.20 Å². The van der Waals surface area contributed by atoms with Crippen LogP contribution >= 0.6 is 15.9 Å². The van der Waals surface area contributed by atoms with Crippen LogP contribution in [-0.2, 0) is 0 Å². The largest absolute Gasteiger partial charge is 0.477 e. The molecule has 0 radical (unpaired) electrons. The maximum Gasteiger partial charge on any atom is 0.341 e. The van der Waals surface area contributed by atoms with Crippen LogP contribution in [0.5, 0.6) is 11.5 Å². The Balaban J connectivity index is 2.42. The Labute approximate surface area is 112 Å². The van der Waals surface area contributed by atoms with Crippen molar-refractivity contribution in [3.8, 4) is 11.5 Å². The molecule has 18 heavy (non-hydrogen) atoms. The Kier molecular flexibility index (Phi) is 3.62. The Bertz CT molecular complexity index is 599. The number of hydrogen-bond acceptors (Lipinski definition) is 3. The number of aryl methyl sites for hydroxylation is 1. The number of carboxylic acids is 1. The number of benzene rings is 1. The van der Waals surface area contributed by atoms with Crippen molar-refractivity contribution in [1.82, 2.24) is 4.98 Å². The fraction of sp³-hybridized carbons (Fsp3) is 0.0769. The van der Waals surface area contributed by atoms with E-state index in [4.69, 9.17) is 9.84 Å². The molecule has 0 bridgehead atoms. The Morgan fingerprint density at radius 2 is 2.06 bits per heavy atom.